The molecule has 0 radical (unpaired) electrons. The zero-order valence-electron chi connectivity index (χ0n) is 14.1. The standard InChI is InChI=1S/C16H19N3O7/c1-10(16(23)18-5-6-26-13(9-18)8-14(20)21)17-15(22)11-3-2-4-12(7-11)19(24)25/h2-4,7,10,13H,5-6,8-9H2,1H3,(H,17,22)(H,20,21). The van der Waals surface area contributed by atoms with Crippen LogP contribution in [0.3, 0.4) is 0 Å². The number of carbonyl (C=O) groups is 3. The molecule has 0 bridgehead atoms. The number of non-ortho nitro benzene ring substituents is 1. The molecule has 1 saturated heterocycles. The zero-order valence-corrected chi connectivity index (χ0v) is 14.1. The second kappa shape index (κ2) is 8.39. The van der Waals surface area contributed by atoms with Crippen molar-refractivity contribution in [2.24, 2.45) is 0 Å². The number of carboxylic acid groups (broad SMARTS) is 1. The van der Waals surface area contributed by atoms with Gasteiger partial charge in [0.15, 0.2) is 0 Å². The largest absolute Gasteiger partial charge is 0.481 e. The van der Waals surface area contributed by atoms with E-state index >= 15 is 0 Å². The molecule has 1 fully saturated rings. The number of ether oxygens (including phenoxy) is 1. The van der Waals surface area contributed by atoms with E-state index in [1.807, 2.05) is 0 Å². The highest BCUT2D eigenvalue weighted by Crippen LogP contribution is 2.14. The Bertz CT molecular complexity index is 722. The van der Waals surface area contributed by atoms with Gasteiger partial charge in [0.05, 0.1) is 24.1 Å². The van der Waals surface area contributed by atoms with E-state index in [0.29, 0.717) is 6.54 Å². The van der Waals surface area contributed by atoms with E-state index in [9.17, 15) is 24.5 Å². The van der Waals surface area contributed by atoms with Gasteiger partial charge < -0.3 is 20.1 Å². The molecule has 1 heterocycles. The minimum Gasteiger partial charge on any atom is -0.481 e. The first-order valence-corrected chi connectivity index (χ1v) is 7.95. The fourth-order valence-electron chi connectivity index (χ4n) is 2.61. The predicted molar refractivity (Wildman–Crippen MR) is 88.6 cm³/mol. The third-order valence-electron chi connectivity index (χ3n) is 3.89. The summed E-state index contributed by atoms with van der Waals surface area (Å²) in [6.45, 7) is 2.14. The molecular weight excluding hydrogens is 346 g/mol. The van der Waals surface area contributed by atoms with Gasteiger partial charge in [0.25, 0.3) is 11.6 Å². The van der Waals surface area contributed by atoms with E-state index in [-0.39, 0.29) is 36.7 Å². The van der Waals surface area contributed by atoms with E-state index in [1.165, 1.54) is 30.0 Å². The van der Waals surface area contributed by atoms with E-state index < -0.39 is 28.9 Å². The van der Waals surface area contributed by atoms with E-state index in [2.05, 4.69) is 5.32 Å². The first-order chi connectivity index (χ1) is 12.3. The maximum atomic E-state index is 12.5. The first-order valence-electron chi connectivity index (χ1n) is 7.95. The highest BCUT2D eigenvalue weighted by Gasteiger charge is 2.29. The van der Waals surface area contributed by atoms with Crippen LogP contribution in [0.4, 0.5) is 5.69 Å². The molecule has 0 aromatic heterocycles. The lowest BCUT2D eigenvalue weighted by Crippen LogP contribution is -2.53. The van der Waals surface area contributed by atoms with Crippen LogP contribution in [-0.4, -0.2) is 64.6 Å². The summed E-state index contributed by atoms with van der Waals surface area (Å²) in [6.07, 6.45) is -0.803. The molecule has 140 valence electrons. The number of rotatable bonds is 6. The highest BCUT2D eigenvalue weighted by atomic mass is 16.6. The number of nitrogens with zero attached hydrogens (tertiary/aromatic N) is 2. The van der Waals surface area contributed by atoms with Crippen LogP contribution in [0.15, 0.2) is 24.3 Å². The summed E-state index contributed by atoms with van der Waals surface area (Å²) in [7, 11) is 0. The van der Waals surface area contributed by atoms with Crippen molar-refractivity contribution < 1.29 is 29.2 Å². The van der Waals surface area contributed by atoms with Gasteiger partial charge in [0.2, 0.25) is 5.91 Å². The summed E-state index contributed by atoms with van der Waals surface area (Å²) in [5, 5.41) is 22.1. The Morgan fingerprint density at radius 2 is 2.19 bits per heavy atom. The molecule has 1 aliphatic heterocycles. The molecule has 2 rings (SSSR count). The third-order valence-corrected chi connectivity index (χ3v) is 3.89. The number of aliphatic carboxylic acids is 1. The van der Waals surface area contributed by atoms with Crippen molar-refractivity contribution in [1.29, 1.82) is 0 Å². The molecule has 2 atom stereocenters. The smallest absolute Gasteiger partial charge is 0.306 e. The zero-order chi connectivity index (χ0) is 19.3. The number of nitro groups is 1. The van der Waals surface area contributed by atoms with Gasteiger partial charge in [-0.05, 0) is 13.0 Å². The number of morpholine rings is 1. The number of nitrogens with one attached hydrogen (secondary N) is 1. The number of hydrogen-bond donors (Lipinski definition) is 2. The van der Waals surface area contributed by atoms with Crippen molar-refractivity contribution in [2.75, 3.05) is 19.7 Å². The predicted octanol–water partition coefficient (Wildman–Crippen LogP) is 0.415. The molecule has 10 heteroatoms. The Kier molecular flexibility index (Phi) is 6.23. The quantitative estimate of drug-likeness (QED) is 0.550. The van der Waals surface area contributed by atoms with E-state index in [1.54, 1.807) is 0 Å². The van der Waals surface area contributed by atoms with Crippen molar-refractivity contribution >= 4 is 23.5 Å². The Balaban J connectivity index is 1.97. The van der Waals surface area contributed by atoms with Crippen LogP contribution < -0.4 is 5.32 Å². The summed E-state index contributed by atoms with van der Waals surface area (Å²) < 4.78 is 5.31. The van der Waals surface area contributed by atoms with Crippen LogP contribution in [-0.2, 0) is 14.3 Å². The van der Waals surface area contributed by atoms with Gasteiger partial charge in [-0.2, -0.15) is 0 Å². The molecule has 2 N–H and O–H groups in total. The van der Waals surface area contributed by atoms with Gasteiger partial charge in [-0.15, -0.1) is 0 Å². The Morgan fingerprint density at radius 1 is 1.46 bits per heavy atom. The number of amides is 2. The van der Waals surface area contributed by atoms with Gasteiger partial charge in [-0.25, -0.2) is 0 Å². The van der Waals surface area contributed by atoms with Gasteiger partial charge in [0.1, 0.15) is 6.04 Å². The minimum atomic E-state index is -1.02. The Labute approximate surface area is 148 Å². The van der Waals surface area contributed by atoms with Crippen LogP contribution in [0.1, 0.15) is 23.7 Å². The first kappa shape index (κ1) is 19.3. The van der Waals surface area contributed by atoms with Crippen LogP contribution in [0, 0.1) is 10.1 Å². The van der Waals surface area contributed by atoms with Crippen molar-refractivity contribution in [3.8, 4) is 0 Å². The molecule has 1 aromatic rings. The van der Waals surface area contributed by atoms with Crippen molar-refractivity contribution in [1.82, 2.24) is 10.2 Å². The van der Waals surface area contributed by atoms with Crippen LogP contribution in [0.25, 0.3) is 0 Å². The van der Waals surface area contributed by atoms with Gasteiger partial charge in [0, 0.05) is 30.8 Å². The average molecular weight is 365 g/mol. The number of carboxylic acids is 1. The van der Waals surface area contributed by atoms with E-state index in [0.717, 1.165) is 6.07 Å². The van der Waals surface area contributed by atoms with Crippen molar-refractivity contribution in [3.63, 3.8) is 0 Å². The SMILES string of the molecule is CC(NC(=O)c1cccc([N+](=O)[O-])c1)C(=O)N1CCOC(CC(=O)O)C1. The number of benzene rings is 1. The summed E-state index contributed by atoms with van der Waals surface area (Å²) in [5.74, 6) is -2.00. The maximum Gasteiger partial charge on any atom is 0.306 e. The summed E-state index contributed by atoms with van der Waals surface area (Å²) in [5.41, 5.74) is -0.147. The molecule has 0 spiro atoms. The number of nitro benzene ring substituents is 1. The van der Waals surface area contributed by atoms with E-state index in [4.69, 9.17) is 9.84 Å². The van der Waals surface area contributed by atoms with Gasteiger partial charge in [-0.1, -0.05) is 6.07 Å². The summed E-state index contributed by atoms with van der Waals surface area (Å²) in [4.78, 5) is 47.1. The summed E-state index contributed by atoms with van der Waals surface area (Å²) >= 11 is 0. The average Bonchev–Trinajstić information content (AvgIpc) is 2.60. The Hall–Kier alpha value is -3.01. The molecule has 0 saturated carbocycles. The number of hydrogen-bond acceptors (Lipinski definition) is 6. The van der Waals surface area contributed by atoms with Gasteiger partial charge >= 0.3 is 5.97 Å². The maximum absolute atomic E-state index is 12.5. The molecule has 1 aliphatic rings. The molecule has 26 heavy (non-hydrogen) atoms. The van der Waals surface area contributed by atoms with Crippen LogP contribution >= 0.6 is 0 Å². The van der Waals surface area contributed by atoms with Crippen LogP contribution in [0.2, 0.25) is 0 Å². The third kappa shape index (κ3) is 4.99. The lowest BCUT2D eigenvalue weighted by atomic mass is 10.1. The minimum absolute atomic E-state index is 0.0737. The Morgan fingerprint density at radius 3 is 2.85 bits per heavy atom. The second-order valence-electron chi connectivity index (χ2n) is 5.88. The summed E-state index contributed by atoms with van der Waals surface area (Å²) in [6, 6.07) is 4.33. The lowest BCUT2D eigenvalue weighted by molar-refractivity contribution is -0.384. The molecule has 10 nitrogen and oxygen atoms in total. The second-order valence-corrected chi connectivity index (χ2v) is 5.88. The normalized spacial score (nSPS) is 18.0. The topological polar surface area (TPSA) is 139 Å². The molecule has 2 amide bonds. The van der Waals surface area contributed by atoms with Crippen molar-refractivity contribution in [3.05, 3.63) is 39.9 Å². The molecule has 0 aliphatic carbocycles. The molecule has 1 aromatic carbocycles. The highest BCUT2D eigenvalue weighted by molar-refractivity contribution is 5.97. The number of carbonyl (C=O) groups excluding carboxylic acids is 2. The fraction of sp³-hybridized carbons (Fsp3) is 0.438. The van der Waals surface area contributed by atoms with Gasteiger partial charge in [-0.3, -0.25) is 24.5 Å². The monoisotopic (exact) mass is 365 g/mol. The lowest BCUT2D eigenvalue weighted by Gasteiger charge is -2.34. The van der Waals surface area contributed by atoms with Crippen LogP contribution in [0.5, 0.6) is 0 Å². The fourth-order valence-corrected chi connectivity index (χ4v) is 2.61. The molecular formula is C16H19N3O7. The van der Waals surface area contributed by atoms with Crippen molar-refractivity contribution in [2.45, 2.75) is 25.5 Å². The molecule has 2 unspecified atom stereocenters.